The summed E-state index contributed by atoms with van der Waals surface area (Å²) in [6.07, 6.45) is 3.35. The molecule has 122 valence electrons. The molecule has 0 aliphatic heterocycles. The molecule has 1 fully saturated rings. The third kappa shape index (κ3) is 3.85. The minimum atomic E-state index is -0.459. The van der Waals surface area contributed by atoms with E-state index in [0.29, 0.717) is 0 Å². The van der Waals surface area contributed by atoms with Crippen LogP contribution < -0.4 is 18.9 Å². The van der Waals surface area contributed by atoms with Gasteiger partial charge in [0.15, 0.2) is 11.5 Å². The van der Waals surface area contributed by atoms with Crippen molar-refractivity contribution in [3.8, 4) is 23.0 Å². The molecule has 1 aromatic rings. The molecule has 0 aromatic heterocycles. The lowest BCUT2D eigenvalue weighted by Gasteiger charge is -2.15. The van der Waals surface area contributed by atoms with Gasteiger partial charge < -0.3 is 18.9 Å². The van der Waals surface area contributed by atoms with E-state index in [9.17, 15) is 19.2 Å². The minimum Gasteiger partial charge on any atom is -0.425 e. The lowest BCUT2D eigenvalue weighted by atomic mass is 10.1. The topological polar surface area (TPSA) is 105 Å². The summed E-state index contributed by atoms with van der Waals surface area (Å²) < 4.78 is 19.3. The summed E-state index contributed by atoms with van der Waals surface area (Å²) in [7, 11) is 0. The SMILES string of the molecule is O=COc1ccc(OC(=O)C2CCCC2)c(OC=O)c1OC=O. The van der Waals surface area contributed by atoms with E-state index in [4.69, 9.17) is 9.47 Å². The first-order valence-corrected chi connectivity index (χ1v) is 6.90. The van der Waals surface area contributed by atoms with Crippen molar-refractivity contribution < 1.29 is 38.1 Å². The third-order valence-corrected chi connectivity index (χ3v) is 3.45. The summed E-state index contributed by atoms with van der Waals surface area (Å²) in [6.45, 7) is 0.250. The van der Waals surface area contributed by atoms with Crippen molar-refractivity contribution in [1.82, 2.24) is 0 Å². The van der Waals surface area contributed by atoms with Gasteiger partial charge in [-0.2, -0.15) is 0 Å². The Labute approximate surface area is 131 Å². The number of hydrogen-bond donors (Lipinski definition) is 0. The van der Waals surface area contributed by atoms with Crippen molar-refractivity contribution in [1.29, 1.82) is 0 Å². The smallest absolute Gasteiger partial charge is 0.314 e. The Morgan fingerprint density at radius 1 is 0.870 bits per heavy atom. The van der Waals surface area contributed by atoms with Crippen molar-refractivity contribution >= 4 is 25.4 Å². The van der Waals surface area contributed by atoms with Crippen LogP contribution in [-0.4, -0.2) is 25.4 Å². The summed E-state index contributed by atoms with van der Waals surface area (Å²) in [4.78, 5) is 43.9. The zero-order valence-electron chi connectivity index (χ0n) is 12.1. The van der Waals surface area contributed by atoms with Crippen LogP contribution >= 0.6 is 0 Å². The van der Waals surface area contributed by atoms with E-state index in [0.717, 1.165) is 25.7 Å². The third-order valence-electron chi connectivity index (χ3n) is 3.45. The first-order chi connectivity index (χ1) is 11.2. The molecule has 0 bridgehead atoms. The van der Waals surface area contributed by atoms with Crippen molar-refractivity contribution in [2.75, 3.05) is 0 Å². The lowest BCUT2D eigenvalue weighted by molar-refractivity contribution is -0.139. The molecule has 1 aliphatic rings. The highest BCUT2D eigenvalue weighted by molar-refractivity contribution is 5.78. The Morgan fingerprint density at radius 2 is 1.39 bits per heavy atom. The van der Waals surface area contributed by atoms with Crippen LogP contribution in [0.5, 0.6) is 23.0 Å². The summed E-state index contributed by atoms with van der Waals surface area (Å²) in [5, 5.41) is 0. The fraction of sp³-hybridized carbons (Fsp3) is 0.333. The maximum atomic E-state index is 12.1. The average molecular weight is 322 g/mol. The van der Waals surface area contributed by atoms with Gasteiger partial charge in [-0.3, -0.25) is 19.2 Å². The monoisotopic (exact) mass is 322 g/mol. The molecule has 0 atom stereocenters. The molecule has 0 unspecified atom stereocenters. The molecular formula is C15H14O8. The highest BCUT2D eigenvalue weighted by atomic mass is 16.6. The number of hydrogen-bond acceptors (Lipinski definition) is 8. The number of carbonyl (C=O) groups excluding carboxylic acids is 4. The number of esters is 1. The van der Waals surface area contributed by atoms with Crippen LogP contribution in [0.15, 0.2) is 12.1 Å². The molecule has 0 N–H and O–H groups in total. The second-order valence-corrected chi connectivity index (χ2v) is 4.76. The minimum absolute atomic E-state index is 0.0627. The molecule has 0 heterocycles. The Morgan fingerprint density at radius 3 is 1.96 bits per heavy atom. The Hall–Kier alpha value is -2.90. The van der Waals surface area contributed by atoms with Gasteiger partial charge in [0.2, 0.25) is 11.5 Å². The molecule has 1 aliphatic carbocycles. The van der Waals surface area contributed by atoms with Gasteiger partial charge in [0.25, 0.3) is 19.4 Å². The van der Waals surface area contributed by atoms with Gasteiger partial charge in [0.1, 0.15) is 0 Å². The number of rotatable bonds is 8. The summed E-state index contributed by atoms with van der Waals surface area (Å²) in [5.74, 6) is -1.61. The van der Waals surface area contributed by atoms with Crippen LogP contribution in [-0.2, 0) is 19.2 Å². The highest BCUT2D eigenvalue weighted by Gasteiger charge is 2.27. The fourth-order valence-corrected chi connectivity index (χ4v) is 2.42. The average Bonchev–Trinajstić information content (AvgIpc) is 3.07. The van der Waals surface area contributed by atoms with Crippen LogP contribution in [0.3, 0.4) is 0 Å². The van der Waals surface area contributed by atoms with Gasteiger partial charge in [-0.25, -0.2) is 0 Å². The van der Waals surface area contributed by atoms with Crippen molar-refractivity contribution in [2.45, 2.75) is 25.7 Å². The van der Waals surface area contributed by atoms with Crippen molar-refractivity contribution in [3.63, 3.8) is 0 Å². The van der Waals surface area contributed by atoms with Gasteiger partial charge in [0, 0.05) is 0 Å². The van der Waals surface area contributed by atoms with Crippen LogP contribution in [0, 0.1) is 5.92 Å². The maximum absolute atomic E-state index is 12.1. The lowest BCUT2D eigenvalue weighted by Crippen LogP contribution is -2.18. The van der Waals surface area contributed by atoms with E-state index in [1.54, 1.807) is 0 Å². The maximum Gasteiger partial charge on any atom is 0.314 e. The first kappa shape index (κ1) is 16.5. The van der Waals surface area contributed by atoms with Crippen LogP contribution in [0.1, 0.15) is 25.7 Å². The largest absolute Gasteiger partial charge is 0.425 e. The Bertz CT molecular complexity index is 604. The van der Waals surface area contributed by atoms with E-state index < -0.39 is 5.97 Å². The molecule has 8 heteroatoms. The Kier molecular flexibility index (Phi) is 5.67. The van der Waals surface area contributed by atoms with Crippen LogP contribution in [0.2, 0.25) is 0 Å². The van der Waals surface area contributed by atoms with Crippen LogP contribution in [0.25, 0.3) is 0 Å². The second kappa shape index (κ2) is 7.92. The van der Waals surface area contributed by atoms with Gasteiger partial charge in [0.05, 0.1) is 5.92 Å². The van der Waals surface area contributed by atoms with E-state index >= 15 is 0 Å². The number of carbonyl (C=O) groups is 4. The predicted octanol–water partition coefficient (Wildman–Crippen LogP) is 1.39. The molecule has 0 spiro atoms. The molecule has 0 saturated heterocycles. The molecule has 1 aromatic carbocycles. The van der Waals surface area contributed by atoms with Crippen LogP contribution in [0.4, 0.5) is 0 Å². The van der Waals surface area contributed by atoms with E-state index in [2.05, 4.69) is 9.47 Å². The summed E-state index contributed by atoms with van der Waals surface area (Å²) >= 11 is 0. The molecule has 0 amide bonds. The first-order valence-electron chi connectivity index (χ1n) is 6.90. The standard InChI is InChI=1S/C15H14O8/c16-7-20-11-5-6-12(14(22-9-18)13(11)21-8-17)23-15(19)10-3-1-2-4-10/h5-10H,1-4H2. The molecule has 2 rings (SSSR count). The molecular weight excluding hydrogens is 308 g/mol. The van der Waals surface area contributed by atoms with Crippen molar-refractivity contribution in [2.24, 2.45) is 5.92 Å². The normalized spacial score (nSPS) is 13.9. The van der Waals surface area contributed by atoms with E-state index in [1.807, 2.05) is 0 Å². The van der Waals surface area contributed by atoms with E-state index in [-0.39, 0.29) is 48.3 Å². The fourth-order valence-electron chi connectivity index (χ4n) is 2.42. The molecule has 8 nitrogen and oxygen atoms in total. The second-order valence-electron chi connectivity index (χ2n) is 4.76. The van der Waals surface area contributed by atoms with E-state index in [1.165, 1.54) is 12.1 Å². The zero-order chi connectivity index (χ0) is 16.7. The van der Waals surface area contributed by atoms with Gasteiger partial charge >= 0.3 is 5.97 Å². The van der Waals surface area contributed by atoms with Gasteiger partial charge in [-0.05, 0) is 25.0 Å². The van der Waals surface area contributed by atoms with Gasteiger partial charge in [-0.1, -0.05) is 12.8 Å². The Balaban J connectivity index is 2.34. The summed E-state index contributed by atoms with van der Waals surface area (Å²) in [6, 6.07) is 2.53. The number of ether oxygens (including phenoxy) is 4. The highest BCUT2D eigenvalue weighted by Crippen LogP contribution is 2.44. The predicted molar refractivity (Wildman–Crippen MR) is 74.1 cm³/mol. The zero-order valence-corrected chi connectivity index (χ0v) is 12.1. The summed E-state index contributed by atoms with van der Waals surface area (Å²) in [5.41, 5.74) is 0. The molecule has 1 saturated carbocycles. The molecule has 0 radical (unpaired) electrons. The quantitative estimate of drug-likeness (QED) is 0.401. The van der Waals surface area contributed by atoms with Crippen molar-refractivity contribution in [3.05, 3.63) is 12.1 Å². The number of benzene rings is 1. The van der Waals surface area contributed by atoms with Gasteiger partial charge in [-0.15, -0.1) is 0 Å². The molecule has 23 heavy (non-hydrogen) atoms.